The van der Waals surface area contributed by atoms with Crippen LogP contribution in [0.15, 0.2) is 35.8 Å². The molecular formula is C19H21ClN2O4S. The SMILES string of the molecule is C=CCOc1ccc(/C=C2\SC(=O)N(CC(=O)NCC(C)C)C2=O)cc1Cl. The van der Waals surface area contributed by atoms with Crippen LogP contribution in [0.4, 0.5) is 4.79 Å². The van der Waals surface area contributed by atoms with Gasteiger partial charge in [-0.2, -0.15) is 0 Å². The van der Waals surface area contributed by atoms with Crippen molar-refractivity contribution in [1.29, 1.82) is 0 Å². The van der Waals surface area contributed by atoms with Crippen LogP contribution in [-0.4, -0.2) is 41.6 Å². The average molecular weight is 409 g/mol. The Bertz CT molecular complexity index is 792. The minimum atomic E-state index is -0.493. The molecule has 1 N–H and O–H groups in total. The molecule has 0 aliphatic carbocycles. The maximum Gasteiger partial charge on any atom is 0.294 e. The van der Waals surface area contributed by atoms with E-state index in [1.165, 1.54) is 0 Å². The molecule has 1 aromatic carbocycles. The minimum Gasteiger partial charge on any atom is -0.488 e. The van der Waals surface area contributed by atoms with E-state index in [9.17, 15) is 14.4 Å². The van der Waals surface area contributed by atoms with E-state index in [-0.39, 0.29) is 23.3 Å². The van der Waals surface area contributed by atoms with Gasteiger partial charge >= 0.3 is 0 Å². The molecule has 0 bridgehead atoms. The second-order valence-electron chi connectivity index (χ2n) is 6.26. The summed E-state index contributed by atoms with van der Waals surface area (Å²) in [6.45, 7) is 8.02. The lowest BCUT2D eigenvalue weighted by molar-refractivity contribution is -0.129. The van der Waals surface area contributed by atoms with Gasteiger partial charge in [0.2, 0.25) is 5.91 Å². The van der Waals surface area contributed by atoms with E-state index in [0.717, 1.165) is 16.7 Å². The van der Waals surface area contributed by atoms with E-state index >= 15 is 0 Å². The molecule has 1 aliphatic rings. The smallest absolute Gasteiger partial charge is 0.294 e. The van der Waals surface area contributed by atoms with Gasteiger partial charge in [-0.15, -0.1) is 0 Å². The summed E-state index contributed by atoms with van der Waals surface area (Å²) in [7, 11) is 0. The quantitative estimate of drug-likeness (QED) is 0.524. The minimum absolute atomic E-state index is 0.243. The molecule has 0 aromatic heterocycles. The third kappa shape index (κ3) is 5.87. The van der Waals surface area contributed by atoms with Gasteiger partial charge in [-0.25, -0.2) is 0 Å². The Hall–Kier alpha value is -2.25. The molecule has 1 saturated heterocycles. The predicted octanol–water partition coefficient (Wildman–Crippen LogP) is 3.71. The normalized spacial score (nSPS) is 15.6. The first-order valence-corrected chi connectivity index (χ1v) is 9.56. The Morgan fingerprint density at radius 3 is 2.78 bits per heavy atom. The van der Waals surface area contributed by atoms with Crippen LogP contribution >= 0.6 is 23.4 Å². The van der Waals surface area contributed by atoms with E-state index in [2.05, 4.69) is 11.9 Å². The van der Waals surface area contributed by atoms with Gasteiger partial charge in [-0.05, 0) is 41.5 Å². The Kier molecular flexibility index (Phi) is 7.50. The van der Waals surface area contributed by atoms with Crippen LogP contribution in [-0.2, 0) is 9.59 Å². The largest absolute Gasteiger partial charge is 0.488 e. The summed E-state index contributed by atoms with van der Waals surface area (Å²) in [6.07, 6.45) is 3.18. The van der Waals surface area contributed by atoms with Gasteiger partial charge in [0.05, 0.1) is 9.93 Å². The highest BCUT2D eigenvalue weighted by molar-refractivity contribution is 8.18. The molecule has 8 heteroatoms. The number of hydrogen-bond donors (Lipinski definition) is 1. The molecule has 144 valence electrons. The number of carbonyl (C=O) groups excluding carboxylic acids is 3. The van der Waals surface area contributed by atoms with Crippen LogP contribution < -0.4 is 10.1 Å². The fraction of sp³-hybridized carbons (Fsp3) is 0.316. The van der Waals surface area contributed by atoms with Crippen molar-refractivity contribution in [2.24, 2.45) is 5.92 Å². The number of halogens is 1. The van der Waals surface area contributed by atoms with Crippen molar-refractivity contribution in [2.45, 2.75) is 13.8 Å². The van der Waals surface area contributed by atoms with Crippen LogP contribution in [0, 0.1) is 5.92 Å². The lowest BCUT2D eigenvalue weighted by Gasteiger charge is -2.13. The van der Waals surface area contributed by atoms with Crippen LogP contribution in [0.2, 0.25) is 5.02 Å². The summed E-state index contributed by atoms with van der Waals surface area (Å²) in [5, 5.41) is 2.61. The van der Waals surface area contributed by atoms with Crippen molar-refractivity contribution in [2.75, 3.05) is 19.7 Å². The van der Waals surface area contributed by atoms with Crippen molar-refractivity contribution in [3.63, 3.8) is 0 Å². The molecule has 0 atom stereocenters. The fourth-order valence-electron chi connectivity index (χ4n) is 2.18. The van der Waals surface area contributed by atoms with Crippen molar-refractivity contribution in [3.05, 3.63) is 46.3 Å². The van der Waals surface area contributed by atoms with Crippen LogP contribution in [0.3, 0.4) is 0 Å². The van der Waals surface area contributed by atoms with Gasteiger partial charge in [0.15, 0.2) is 0 Å². The maximum atomic E-state index is 12.5. The Labute approximate surface area is 167 Å². The summed E-state index contributed by atoms with van der Waals surface area (Å²) in [5.41, 5.74) is 0.653. The first kappa shape index (κ1) is 21.1. The molecular weight excluding hydrogens is 388 g/mol. The summed E-state index contributed by atoms with van der Waals surface area (Å²) in [6, 6.07) is 5.05. The lowest BCUT2D eigenvalue weighted by Crippen LogP contribution is -2.40. The molecule has 1 fully saturated rings. The summed E-state index contributed by atoms with van der Waals surface area (Å²) < 4.78 is 5.40. The zero-order valence-electron chi connectivity index (χ0n) is 15.2. The summed E-state index contributed by atoms with van der Waals surface area (Å²) in [5.74, 6) is -0.0672. The molecule has 0 unspecified atom stereocenters. The lowest BCUT2D eigenvalue weighted by atomic mass is 10.2. The number of carbonyl (C=O) groups is 3. The van der Waals surface area contributed by atoms with Gasteiger partial charge < -0.3 is 10.1 Å². The van der Waals surface area contributed by atoms with Crippen LogP contribution in [0.1, 0.15) is 19.4 Å². The number of nitrogens with one attached hydrogen (secondary N) is 1. The van der Waals surface area contributed by atoms with Crippen molar-refractivity contribution in [3.8, 4) is 5.75 Å². The van der Waals surface area contributed by atoms with Crippen molar-refractivity contribution >= 4 is 46.5 Å². The highest BCUT2D eigenvalue weighted by Crippen LogP contribution is 2.33. The number of nitrogens with zero attached hydrogens (tertiary/aromatic N) is 1. The van der Waals surface area contributed by atoms with E-state index < -0.39 is 11.1 Å². The summed E-state index contributed by atoms with van der Waals surface area (Å²) >= 11 is 6.96. The number of thioether (sulfide) groups is 1. The molecule has 0 saturated carbocycles. The van der Waals surface area contributed by atoms with Crippen LogP contribution in [0.5, 0.6) is 5.75 Å². The van der Waals surface area contributed by atoms with E-state index in [1.54, 1.807) is 30.4 Å². The van der Waals surface area contributed by atoms with Crippen molar-refractivity contribution in [1.82, 2.24) is 10.2 Å². The second-order valence-corrected chi connectivity index (χ2v) is 7.66. The first-order valence-electron chi connectivity index (χ1n) is 8.37. The Morgan fingerprint density at radius 1 is 1.41 bits per heavy atom. The molecule has 0 radical (unpaired) electrons. The monoisotopic (exact) mass is 408 g/mol. The van der Waals surface area contributed by atoms with Gasteiger partial charge in [0.1, 0.15) is 18.9 Å². The maximum absolute atomic E-state index is 12.5. The molecule has 1 aliphatic heterocycles. The topological polar surface area (TPSA) is 75.7 Å². The van der Waals surface area contributed by atoms with Gasteiger partial charge in [-0.3, -0.25) is 19.3 Å². The van der Waals surface area contributed by atoms with E-state index in [4.69, 9.17) is 16.3 Å². The number of imide groups is 1. The highest BCUT2D eigenvalue weighted by Gasteiger charge is 2.36. The number of hydrogen-bond acceptors (Lipinski definition) is 5. The molecule has 1 aromatic rings. The predicted molar refractivity (Wildman–Crippen MR) is 108 cm³/mol. The first-order chi connectivity index (χ1) is 12.8. The fourth-order valence-corrected chi connectivity index (χ4v) is 3.26. The van der Waals surface area contributed by atoms with Crippen molar-refractivity contribution < 1.29 is 19.1 Å². The Balaban J connectivity index is 2.08. The molecule has 1 heterocycles. The third-order valence-corrected chi connectivity index (χ3v) is 4.70. The number of amides is 3. The van der Waals surface area contributed by atoms with Gasteiger partial charge in [-0.1, -0.05) is 44.2 Å². The zero-order valence-corrected chi connectivity index (χ0v) is 16.7. The molecule has 0 spiro atoms. The van der Waals surface area contributed by atoms with E-state index in [1.807, 2.05) is 13.8 Å². The molecule has 6 nitrogen and oxygen atoms in total. The zero-order chi connectivity index (χ0) is 20.0. The average Bonchev–Trinajstić information content (AvgIpc) is 2.87. The third-order valence-electron chi connectivity index (χ3n) is 3.49. The highest BCUT2D eigenvalue weighted by atomic mass is 35.5. The van der Waals surface area contributed by atoms with Crippen LogP contribution in [0.25, 0.3) is 6.08 Å². The second kappa shape index (κ2) is 9.62. The number of ether oxygens (including phenoxy) is 1. The molecule has 27 heavy (non-hydrogen) atoms. The molecule has 2 rings (SSSR count). The number of benzene rings is 1. The molecule has 3 amide bonds. The number of rotatable bonds is 8. The van der Waals surface area contributed by atoms with Gasteiger partial charge in [0.25, 0.3) is 11.1 Å². The summed E-state index contributed by atoms with van der Waals surface area (Å²) in [4.78, 5) is 37.6. The Morgan fingerprint density at radius 2 is 2.15 bits per heavy atom. The standard InChI is InChI=1S/C19H21ClN2O4S/c1-4-7-26-15-6-5-13(8-14(15)20)9-16-18(24)22(19(25)27-16)11-17(23)21-10-12(2)3/h4-6,8-9,12H,1,7,10-11H2,2-3H3,(H,21,23)/b16-9-. The van der Waals surface area contributed by atoms with Gasteiger partial charge in [0, 0.05) is 6.54 Å². The van der Waals surface area contributed by atoms with E-state index in [0.29, 0.717) is 29.5 Å².